The molecule has 2 heterocycles. The minimum absolute atomic E-state index is 0.0762. The highest BCUT2D eigenvalue weighted by Gasteiger charge is 2.26. The van der Waals surface area contributed by atoms with E-state index in [1.807, 2.05) is 67.6 Å². The second-order valence-corrected chi connectivity index (χ2v) is 8.27. The lowest BCUT2D eigenvalue weighted by Gasteiger charge is -2.32. The Morgan fingerprint density at radius 3 is 2.48 bits per heavy atom. The molecule has 0 atom stereocenters. The number of hydrogen-bond donors (Lipinski definition) is 1. The van der Waals surface area contributed by atoms with Crippen molar-refractivity contribution in [3.8, 4) is 0 Å². The predicted molar refractivity (Wildman–Crippen MR) is 106 cm³/mol. The van der Waals surface area contributed by atoms with Gasteiger partial charge in [-0.3, -0.25) is 4.79 Å². The largest absolute Gasteiger partial charge is 0.444 e. The molecule has 0 unspecified atom stereocenters. The fourth-order valence-corrected chi connectivity index (χ4v) is 3.54. The van der Waals surface area contributed by atoms with Crippen LogP contribution in [0.15, 0.2) is 30.3 Å². The molecule has 0 spiro atoms. The summed E-state index contributed by atoms with van der Waals surface area (Å²) in [5.74, 6) is 0.446. The molecule has 2 amide bonds. The van der Waals surface area contributed by atoms with Gasteiger partial charge in [0.05, 0.1) is 0 Å². The zero-order chi connectivity index (χ0) is 19.6. The summed E-state index contributed by atoms with van der Waals surface area (Å²) in [5, 5.41) is 3.93. The number of ether oxygens (including phenoxy) is 1. The van der Waals surface area contributed by atoms with Gasteiger partial charge in [-0.05, 0) is 51.7 Å². The number of nitrogens with one attached hydrogen (secondary N) is 1. The number of carbonyl (C=O) groups is 2. The lowest BCUT2D eigenvalue weighted by Crippen LogP contribution is -2.42. The molecule has 6 heteroatoms. The number of likely N-dealkylation sites (tertiary alicyclic amines) is 1. The lowest BCUT2D eigenvalue weighted by molar-refractivity contribution is 0.0499. The Hall–Kier alpha value is -2.50. The third-order valence-electron chi connectivity index (χ3n) is 5.01. The van der Waals surface area contributed by atoms with Crippen LogP contribution in [0.1, 0.15) is 44.1 Å². The third kappa shape index (κ3) is 4.62. The van der Waals surface area contributed by atoms with Crippen molar-refractivity contribution in [1.29, 1.82) is 0 Å². The molecule has 1 aliphatic heterocycles. The van der Waals surface area contributed by atoms with Gasteiger partial charge in [0.15, 0.2) is 0 Å². The van der Waals surface area contributed by atoms with Gasteiger partial charge < -0.3 is 19.5 Å². The Labute approximate surface area is 160 Å². The van der Waals surface area contributed by atoms with Crippen LogP contribution in [0.2, 0.25) is 0 Å². The van der Waals surface area contributed by atoms with Crippen LogP contribution in [0.3, 0.4) is 0 Å². The molecule has 1 aromatic heterocycles. The van der Waals surface area contributed by atoms with Gasteiger partial charge in [0.2, 0.25) is 0 Å². The summed E-state index contributed by atoms with van der Waals surface area (Å²) in [6, 6.07) is 9.99. The van der Waals surface area contributed by atoms with Crippen molar-refractivity contribution in [3.63, 3.8) is 0 Å². The molecule has 0 saturated carbocycles. The van der Waals surface area contributed by atoms with Crippen LogP contribution >= 0.6 is 0 Å². The average molecular weight is 371 g/mol. The van der Waals surface area contributed by atoms with Gasteiger partial charge >= 0.3 is 6.09 Å². The van der Waals surface area contributed by atoms with Gasteiger partial charge in [-0.1, -0.05) is 18.2 Å². The molecule has 146 valence electrons. The number of amides is 2. The molecule has 27 heavy (non-hydrogen) atoms. The topological polar surface area (TPSA) is 63.6 Å². The molecule has 1 saturated heterocycles. The maximum Gasteiger partial charge on any atom is 0.407 e. The fourth-order valence-electron chi connectivity index (χ4n) is 3.54. The number of alkyl carbamates (subject to hydrolysis) is 1. The first-order valence-corrected chi connectivity index (χ1v) is 9.55. The van der Waals surface area contributed by atoms with E-state index in [2.05, 4.69) is 5.32 Å². The van der Waals surface area contributed by atoms with E-state index in [0.29, 0.717) is 25.6 Å². The van der Waals surface area contributed by atoms with Crippen molar-refractivity contribution in [2.45, 2.75) is 39.2 Å². The molecule has 6 nitrogen and oxygen atoms in total. The Kier molecular flexibility index (Phi) is 5.44. The minimum Gasteiger partial charge on any atom is -0.444 e. The van der Waals surface area contributed by atoms with Gasteiger partial charge in [0.25, 0.3) is 5.91 Å². The van der Waals surface area contributed by atoms with Crippen LogP contribution in [0.4, 0.5) is 4.79 Å². The minimum atomic E-state index is -0.488. The van der Waals surface area contributed by atoms with E-state index in [1.165, 1.54) is 0 Å². The van der Waals surface area contributed by atoms with E-state index in [-0.39, 0.29) is 12.0 Å². The molecule has 1 aromatic carbocycles. The van der Waals surface area contributed by atoms with Crippen molar-refractivity contribution in [3.05, 3.63) is 36.0 Å². The summed E-state index contributed by atoms with van der Waals surface area (Å²) >= 11 is 0. The van der Waals surface area contributed by atoms with Crippen molar-refractivity contribution in [2.24, 2.45) is 13.0 Å². The smallest absolute Gasteiger partial charge is 0.407 e. The van der Waals surface area contributed by atoms with Gasteiger partial charge in [-0.25, -0.2) is 4.79 Å². The Balaban J connectivity index is 1.53. The van der Waals surface area contributed by atoms with Gasteiger partial charge in [-0.2, -0.15) is 0 Å². The summed E-state index contributed by atoms with van der Waals surface area (Å²) < 4.78 is 7.24. The Morgan fingerprint density at radius 2 is 1.85 bits per heavy atom. The van der Waals surface area contributed by atoms with E-state index >= 15 is 0 Å². The molecular weight excluding hydrogens is 342 g/mol. The molecular formula is C21H29N3O3. The van der Waals surface area contributed by atoms with E-state index in [9.17, 15) is 9.59 Å². The maximum absolute atomic E-state index is 12.9. The highest BCUT2D eigenvalue weighted by atomic mass is 16.6. The maximum atomic E-state index is 12.9. The lowest BCUT2D eigenvalue weighted by atomic mass is 9.96. The van der Waals surface area contributed by atoms with E-state index in [4.69, 9.17) is 4.74 Å². The zero-order valence-electron chi connectivity index (χ0n) is 16.6. The highest BCUT2D eigenvalue weighted by molar-refractivity contribution is 5.98. The molecule has 0 aliphatic carbocycles. The summed E-state index contributed by atoms with van der Waals surface area (Å²) in [4.78, 5) is 26.6. The van der Waals surface area contributed by atoms with Crippen molar-refractivity contribution < 1.29 is 14.3 Å². The van der Waals surface area contributed by atoms with E-state index in [0.717, 1.165) is 29.4 Å². The zero-order valence-corrected chi connectivity index (χ0v) is 16.6. The van der Waals surface area contributed by atoms with E-state index in [1.54, 1.807) is 0 Å². The number of aromatic nitrogens is 1. The average Bonchev–Trinajstić information content (AvgIpc) is 2.95. The van der Waals surface area contributed by atoms with Crippen LogP contribution in [-0.2, 0) is 11.8 Å². The number of benzene rings is 1. The van der Waals surface area contributed by atoms with Crippen LogP contribution in [0, 0.1) is 5.92 Å². The molecule has 1 fully saturated rings. The third-order valence-corrected chi connectivity index (χ3v) is 5.01. The van der Waals surface area contributed by atoms with Crippen LogP contribution in [0.5, 0.6) is 0 Å². The molecule has 1 aliphatic rings. The summed E-state index contributed by atoms with van der Waals surface area (Å²) in [7, 11) is 1.94. The number of aryl methyl sites for hydroxylation is 1. The number of hydrogen-bond acceptors (Lipinski definition) is 3. The molecule has 0 radical (unpaired) electrons. The Morgan fingerprint density at radius 1 is 1.19 bits per heavy atom. The van der Waals surface area contributed by atoms with Gasteiger partial charge in [0, 0.05) is 37.6 Å². The fraction of sp³-hybridized carbons (Fsp3) is 0.524. The monoisotopic (exact) mass is 371 g/mol. The molecule has 1 N–H and O–H groups in total. The van der Waals surface area contributed by atoms with Crippen LogP contribution < -0.4 is 5.32 Å². The normalized spacial score (nSPS) is 15.8. The quantitative estimate of drug-likeness (QED) is 0.897. The number of rotatable bonds is 3. The van der Waals surface area contributed by atoms with E-state index < -0.39 is 5.60 Å². The number of carbonyl (C=O) groups excluding carboxylic acids is 2. The second kappa shape index (κ2) is 7.62. The second-order valence-electron chi connectivity index (χ2n) is 8.27. The Bertz CT molecular complexity index is 827. The number of piperidine rings is 1. The molecule has 3 rings (SSSR count). The van der Waals surface area contributed by atoms with Gasteiger partial charge in [0.1, 0.15) is 11.3 Å². The summed E-state index contributed by atoms with van der Waals surface area (Å²) in [6.45, 7) is 7.56. The van der Waals surface area contributed by atoms with Crippen LogP contribution in [-0.4, -0.2) is 46.7 Å². The SMILES string of the molecule is Cn1c(C(=O)N2CCC(CNC(=O)OC(C)(C)C)CC2)cc2ccccc21. The molecule has 0 bridgehead atoms. The standard InChI is InChI=1S/C21H29N3O3/c1-21(2,3)27-20(26)22-14-15-9-11-24(12-10-15)19(25)18-13-16-7-5-6-8-17(16)23(18)4/h5-8,13,15H,9-12,14H2,1-4H3,(H,22,26). The van der Waals surface area contributed by atoms with Crippen molar-refractivity contribution in [2.75, 3.05) is 19.6 Å². The van der Waals surface area contributed by atoms with Crippen LogP contribution in [0.25, 0.3) is 10.9 Å². The van der Waals surface area contributed by atoms with Crippen molar-refractivity contribution >= 4 is 22.9 Å². The van der Waals surface area contributed by atoms with Crippen molar-refractivity contribution in [1.82, 2.24) is 14.8 Å². The summed E-state index contributed by atoms with van der Waals surface area (Å²) in [5.41, 5.74) is 1.30. The molecule has 2 aromatic rings. The number of fused-ring (bicyclic) bond motifs is 1. The first-order valence-electron chi connectivity index (χ1n) is 9.55. The highest BCUT2D eigenvalue weighted by Crippen LogP contribution is 2.23. The number of nitrogens with zero attached hydrogens (tertiary/aromatic N) is 2. The first-order chi connectivity index (χ1) is 12.7. The van der Waals surface area contributed by atoms with Gasteiger partial charge in [-0.15, -0.1) is 0 Å². The first kappa shape index (κ1) is 19.3. The predicted octanol–water partition coefficient (Wildman–Crippen LogP) is 3.56. The summed E-state index contributed by atoms with van der Waals surface area (Å²) in [6.07, 6.45) is 1.38. The number of para-hydroxylation sites is 1.